The van der Waals surface area contributed by atoms with Gasteiger partial charge in [-0.1, -0.05) is 60.8 Å². The van der Waals surface area contributed by atoms with Crippen LogP contribution < -0.4 is 49.1 Å². The van der Waals surface area contributed by atoms with E-state index in [0.717, 1.165) is 17.1 Å². The van der Waals surface area contributed by atoms with Gasteiger partial charge in [0.05, 0.1) is 45.6 Å². The molecule has 0 saturated carbocycles. The molecule has 33 heteroatoms. The van der Waals surface area contributed by atoms with Crippen LogP contribution in [0.2, 0.25) is 10.0 Å². The Morgan fingerprint density at radius 2 is 1.12 bits per heavy atom. The number of benzene rings is 2. The van der Waals surface area contributed by atoms with E-state index in [0.29, 0.717) is 68.8 Å². The molecule has 0 spiro atoms. The number of fused-ring (bicyclic) bond motifs is 2. The van der Waals surface area contributed by atoms with Crippen molar-refractivity contribution >= 4 is 106 Å². The number of aliphatic imine (C=N–C) groups is 1. The number of nitrogens with zero attached hydrogens (tertiary/aromatic N) is 7. The molecule has 0 radical (unpaired) electrons. The quantitative estimate of drug-likeness (QED) is 0.0136. The van der Waals surface area contributed by atoms with E-state index in [1.54, 1.807) is 66.6 Å². The minimum atomic E-state index is -2.27. The fraction of sp³-hybridized carbons (Fsp3) is 0.474. The van der Waals surface area contributed by atoms with Crippen LogP contribution in [0.5, 0.6) is 0 Å². The number of anilines is 2. The van der Waals surface area contributed by atoms with Crippen LogP contribution in [0.15, 0.2) is 41.4 Å². The number of carbonyl (C=O) groups is 11. The minimum absolute atomic E-state index is 0.00519. The van der Waals surface area contributed by atoms with E-state index >= 15 is 0 Å². The Balaban J connectivity index is 1.05. The summed E-state index contributed by atoms with van der Waals surface area (Å²) in [7, 11) is 3.47. The molecule has 0 bridgehead atoms. The summed E-state index contributed by atoms with van der Waals surface area (Å²) in [6.07, 6.45) is -0.672. The van der Waals surface area contributed by atoms with Gasteiger partial charge in [-0.15, -0.1) is 0 Å². The number of nitrogens with two attached hydrogens (primary N) is 3. The van der Waals surface area contributed by atoms with Crippen LogP contribution in [-0.2, 0) is 83.2 Å². The highest BCUT2D eigenvalue weighted by Crippen LogP contribution is 2.40. The van der Waals surface area contributed by atoms with Crippen LogP contribution in [0.1, 0.15) is 115 Å². The molecule has 7 amide bonds. The zero-order valence-electron chi connectivity index (χ0n) is 49.7. The number of carbonyl (C=O) groups excluding carboxylic acids is 7. The summed E-state index contributed by atoms with van der Waals surface area (Å²) in [5, 5.41) is 53.4. The van der Waals surface area contributed by atoms with Gasteiger partial charge < -0.3 is 78.7 Å². The second-order valence-electron chi connectivity index (χ2n) is 21.8. The van der Waals surface area contributed by atoms with Crippen LogP contribution in [0.4, 0.5) is 11.4 Å². The SMILES string of the molecule is CCCC(CNC(=O)C(CC(=O)O)NC(=O)C(CCCN=C(N)N)NC(=O)C(CC(=O)O)NC(=O)CCCN1CCc2c(nc(C(=O)Nc3cccc(-c4cccc(NC(=O)c5nc6c(n5C)CCN(CCCC(=O)O)C6)c4Cl)c3Cl)n2C)C1)(C(N)=O)C(=O)O. The summed E-state index contributed by atoms with van der Waals surface area (Å²) in [4.78, 5) is 158. The average molecular weight is 1290 g/mol. The van der Waals surface area contributed by atoms with Crippen molar-refractivity contribution in [1.82, 2.24) is 50.2 Å². The molecule has 0 fully saturated rings. The first-order chi connectivity index (χ1) is 42.6. The number of primary amides is 1. The zero-order valence-corrected chi connectivity index (χ0v) is 51.2. The molecular weight excluding hydrogens is 1220 g/mol. The Kier molecular flexibility index (Phi) is 24.7. The van der Waals surface area contributed by atoms with Crippen LogP contribution in [0, 0.1) is 5.41 Å². The molecule has 4 unspecified atom stereocenters. The predicted octanol–water partition coefficient (Wildman–Crippen LogP) is 0.923. The number of amides is 7. The van der Waals surface area contributed by atoms with E-state index in [4.69, 9.17) is 45.5 Å². The average Bonchev–Trinajstić information content (AvgIpc) is 1.54. The number of imidazole rings is 2. The zero-order chi connectivity index (χ0) is 66.1. The van der Waals surface area contributed by atoms with Crippen LogP contribution in [-0.4, -0.2) is 178 Å². The first kappa shape index (κ1) is 69.9. The first-order valence-electron chi connectivity index (χ1n) is 28.8. The third kappa shape index (κ3) is 18.2. The van der Waals surface area contributed by atoms with Gasteiger partial charge in [0.15, 0.2) is 23.0 Å². The number of guanidine groups is 1. The molecular formula is C57H74Cl2N16O15. The van der Waals surface area contributed by atoms with Crippen molar-refractivity contribution < 1.29 is 73.2 Å². The summed E-state index contributed by atoms with van der Waals surface area (Å²) in [5.74, 6) is -12.2. The third-order valence-corrected chi connectivity index (χ3v) is 16.2. The molecule has 6 rings (SSSR count). The number of halogens is 2. The molecule has 0 aliphatic carbocycles. The molecule has 486 valence electrons. The molecule has 0 saturated heterocycles. The summed E-state index contributed by atoms with van der Waals surface area (Å²) < 4.78 is 3.42. The molecule has 16 N–H and O–H groups in total. The maximum atomic E-state index is 14.0. The lowest BCUT2D eigenvalue weighted by atomic mass is 9.82. The van der Waals surface area contributed by atoms with E-state index in [2.05, 4.69) is 51.8 Å². The minimum Gasteiger partial charge on any atom is -0.481 e. The number of carboxylic acid groups (broad SMARTS) is 4. The lowest BCUT2D eigenvalue weighted by Crippen LogP contribution is -2.58. The van der Waals surface area contributed by atoms with Gasteiger partial charge in [0.25, 0.3) is 11.8 Å². The molecule has 31 nitrogen and oxygen atoms in total. The highest BCUT2D eigenvalue weighted by Gasteiger charge is 2.45. The highest BCUT2D eigenvalue weighted by molar-refractivity contribution is 6.40. The van der Waals surface area contributed by atoms with Crippen molar-refractivity contribution in [2.45, 2.75) is 115 Å². The number of carboxylic acids is 4. The molecule has 2 aliphatic heterocycles. The van der Waals surface area contributed by atoms with Gasteiger partial charge in [-0.2, -0.15) is 0 Å². The fourth-order valence-electron chi connectivity index (χ4n) is 10.6. The van der Waals surface area contributed by atoms with Gasteiger partial charge in [0.2, 0.25) is 29.5 Å². The van der Waals surface area contributed by atoms with Crippen molar-refractivity contribution in [3.63, 3.8) is 0 Å². The summed E-state index contributed by atoms with van der Waals surface area (Å²) >= 11 is 13.9. The van der Waals surface area contributed by atoms with E-state index < -0.39 is 108 Å². The number of hydrogen-bond donors (Lipinski definition) is 13. The van der Waals surface area contributed by atoms with Crippen molar-refractivity contribution in [2.24, 2.45) is 41.7 Å². The number of hydrogen-bond acceptors (Lipinski definition) is 16. The molecule has 2 aliphatic rings. The lowest BCUT2D eigenvalue weighted by molar-refractivity contribution is -0.155. The number of aliphatic carboxylic acids is 4. The second-order valence-corrected chi connectivity index (χ2v) is 22.5. The number of rotatable bonds is 33. The van der Waals surface area contributed by atoms with Crippen molar-refractivity contribution in [3.05, 3.63) is 80.9 Å². The van der Waals surface area contributed by atoms with Gasteiger partial charge >= 0.3 is 23.9 Å². The maximum Gasteiger partial charge on any atom is 0.321 e. The molecule has 2 aromatic carbocycles. The topological polar surface area (TPSA) is 473 Å². The van der Waals surface area contributed by atoms with Crippen molar-refractivity contribution in [2.75, 3.05) is 49.9 Å². The molecule has 2 aromatic heterocycles. The molecule has 90 heavy (non-hydrogen) atoms. The predicted molar refractivity (Wildman–Crippen MR) is 326 cm³/mol. The largest absolute Gasteiger partial charge is 0.481 e. The second kappa shape index (κ2) is 31.8. The van der Waals surface area contributed by atoms with E-state index in [9.17, 15) is 68.1 Å². The molecule has 4 atom stereocenters. The summed E-state index contributed by atoms with van der Waals surface area (Å²) in [6.45, 7) is 3.53. The Hall–Kier alpha value is -9.20. The lowest BCUT2D eigenvalue weighted by Gasteiger charge is -2.28. The maximum absolute atomic E-state index is 14.0. The van der Waals surface area contributed by atoms with E-state index in [-0.39, 0.29) is 97.1 Å². The summed E-state index contributed by atoms with van der Waals surface area (Å²) in [5.41, 5.74) is 18.4. The van der Waals surface area contributed by atoms with Gasteiger partial charge in [-0.3, -0.25) is 67.5 Å². The van der Waals surface area contributed by atoms with Gasteiger partial charge in [0.1, 0.15) is 18.1 Å². The summed E-state index contributed by atoms with van der Waals surface area (Å²) in [6, 6.07) is 4.81. The molecule has 4 aromatic rings. The Labute approximate surface area is 525 Å². The normalized spacial score (nSPS) is 14.6. The smallest absolute Gasteiger partial charge is 0.321 e. The fourth-order valence-corrected chi connectivity index (χ4v) is 11.2. The molecule has 4 heterocycles. The highest BCUT2D eigenvalue weighted by atomic mass is 35.5. The number of nitrogens with one attached hydrogen (secondary N) is 6. The van der Waals surface area contributed by atoms with Crippen LogP contribution >= 0.6 is 23.2 Å². The van der Waals surface area contributed by atoms with Gasteiger partial charge in [-0.25, -0.2) is 9.97 Å². The van der Waals surface area contributed by atoms with Crippen LogP contribution in [0.25, 0.3) is 11.1 Å². The first-order valence-corrected chi connectivity index (χ1v) is 29.6. The van der Waals surface area contributed by atoms with Gasteiger partial charge in [-0.05, 0) is 57.3 Å². The van der Waals surface area contributed by atoms with Crippen LogP contribution in [0.3, 0.4) is 0 Å². The monoisotopic (exact) mass is 1290 g/mol. The third-order valence-electron chi connectivity index (χ3n) is 15.3. The Morgan fingerprint density at radius 1 is 0.644 bits per heavy atom. The Bertz CT molecular complexity index is 3420. The van der Waals surface area contributed by atoms with Crippen molar-refractivity contribution in [3.8, 4) is 11.1 Å². The van der Waals surface area contributed by atoms with E-state index in [1.165, 1.54) is 0 Å². The van der Waals surface area contributed by atoms with E-state index in [1.807, 2.05) is 4.90 Å². The van der Waals surface area contributed by atoms with Crippen molar-refractivity contribution in [1.29, 1.82) is 0 Å². The van der Waals surface area contributed by atoms with Gasteiger partial charge in [0, 0.05) is 102 Å². The Morgan fingerprint density at radius 3 is 1.58 bits per heavy atom. The standard InChI is InChI=1S/C57H74Cl2N16O15/c1-4-19-57(54(60)88,55(89)90)29-64-49(83)35(25-43(79)80)71-50(84)34(14-7-20-63-56(61)62)70-51(85)36(26-44(81)82)65-41(76)15-8-21-74-23-17-39-37(27-74)66-47(72(39)2)52(86)68-32-12-5-10-30(45(32)58)31-11-6-13-33(46(31)59)69-53(87)48-67-38-28-75(22-9-16-42(77)78)24-18-40(38)73(48)3/h5-6,10-13,34-36H,4,7-9,14-29H2,1-3H3,(H2,60,88)(H,64,83)(H,65,76)(H,68,86)(H,69,87)(H,70,85)(H,71,84)(H,77,78)(H,79,80)(H,81,82)(H,89,90)(H4,61,62,63). The number of aromatic nitrogens is 4.